The van der Waals surface area contributed by atoms with Gasteiger partial charge in [-0.2, -0.15) is 0 Å². The molecule has 0 bridgehead atoms. The van der Waals surface area contributed by atoms with Crippen molar-refractivity contribution in [1.29, 1.82) is 0 Å². The van der Waals surface area contributed by atoms with E-state index in [1.165, 1.54) is 83.1 Å². The lowest BCUT2D eigenvalue weighted by Gasteiger charge is -2.32. The maximum Gasteiger partial charge on any atom is 0.128 e. The van der Waals surface area contributed by atoms with E-state index in [1.54, 1.807) is 0 Å². The van der Waals surface area contributed by atoms with Crippen LogP contribution in [0.4, 0.5) is 17.1 Å². The van der Waals surface area contributed by atoms with Gasteiger partial charge in [0.05, 0.1) is 5.41 Å². The Bertz CT molecular complexity index is 3240. The Morgan fingerprint density at radius 2 is 0.984 bits per heavy atom. The first-order valence-electron chi connectivity index (χ1n) is 21.3. The van der Waals surface area contributed by atoms with Gasteiger partial charge in [-0.05, 0) is 126 Å². The van der Waals surface area contributed by atoms with Crippen LogP contribution < -0.4 is 9.64 Å². The highest BCUT2D eigenvalue weighted by atomic mass is 16.5. The highest BCUT2D eigenvalue weighted by molar-refractivity contribution is 6.04. The predicted molar refractivity (Wildman–Crippen MR) is 251 cm³/mol. The van der Waals surface area contributed by atoms with Crippen molar-refractivity contribution < 1.29 is 4.74 Å². The summed E-state index contributed by atoms with van der Waals surface area (Å²) in [5.41, 5.74) is 19.5. The van der Waals surface area contributed by atoms with Gasteiger partial charge >= 0.3 is 0 Å². The highest BCUT2D eigenvalue weighted by Gasteiger charge is 2.51. The molecule has 0 aromatic heterocycles. The number of nitrogens with zero attached hydrogens (tertiary/aromatic N) is 1. The number of benzene rings is 9. The van der Waals surface area contributed by atoms with Crippen molar-refractivity contribution >= 4 is 27.8 Å². The van der Waals surface area contributed by atoms with Gasteiger partial charge in [0, 0.05) is 28.5 Å². The highest BCUT2D eigenvalue weighted by Crippen LogP contribution is 2.63. The molecule has 0 radical (unpaired) electrons. The van der Waals surface area contributed by atoms with Gasteiger partial charge in [0.2, 0.25) is 0 Å². The zero-order valence-electron chi connectivity index (χ0n) is 33.4. The summed E-state index contributed by atoms with van der Waals surface area (Å²) in [5, 5.41) is 2.49. The SMILES string of the molecule is C1=CC2Oc3ccc(N(c4ccc(-c5ccc6ccccc6c5-c5ccccc5)cc4)c4ccc5c(c4)C4(c6ccccc6-c6ccccc64)c4ccccc4-5)cc3C2C=C1. The molecule has 3 aliphatic carbocycles. The van der Waals surface area contributed by atoms with Crippen LogP contribution in [-0.2, 0) is 5.41 Å². The van der Waals surface area contributed by atoms with E-state index in [2.05, 4.69) is 229 Å². The van der Waals surface area contributed by atoms with Gasteiger partial charge in [-0.1, -0.05) is 176 Å². The average Bonchev–Trinajstić information content (AvgIpc) is 3.96. The van der Waals surface area contributed by atoms with Crippen LogP contribution in [0.5, 0.6) is 5.75 Å². The van der Waals surface area contributed by atoms with Gasteiger partial charge in [-0.25, -0.2) is 0 Å². The number of anilines is 3. The van der Waals surface area contributed by atoms with Gasteiger partial charge in [-0.15, -0.1) is 0 Å². The smallest absolute Gasteiger partial charge is 0.128 e. The van der Waals surface area contributed by atoms with E-state index in [9.17, 15) is 0 Å². The summed E-state index contributed by atoms with van der Waals surface area (Å²) in [4.78, 5) is 2.45. The summed E-state index contributed by atoms with van der Waals surface area (Å²) in [6.07, 6.45) is 8.71. The second-order valence-corrected chi connectivity index (χ2v) is 16.7. The predicted octanol–water partition coefficient (Wildman–Crippen LogP) is 15.0. The third kappa shape index (κ3) is 4.91. The quantitative estimate of drug-likeness (QED) is 0.173. The van der Waals surface area contributed by atoms with Gasteiger partial charge in [-0.3, -0.25) is 0 Å². The van der Waals surface area contributed by atoms with Crippen molar-refractivity contribution in [1.82, 2.24) is 0 Å². The van der Waals surface area contributed by atoms with Crippen LogP contribution in [0.15, 0.2) is 224 Å². The molecule has 1 spiro atoms. The molecule has 13 rings (SSSR count). The first kappa shape index (κ1) is 34.2. The summed E-state index contributed by atoms with van der Waals surface area (Å²) in [5.74, 6) is 1.13. The topological polar surface area (TPSA) is 12.5 Å². The van der Waals surface area contributed by atoms with Crippen molar-refractivity contribution in [3.8, 4) is 50.3 Å². The molecule has 2 atom stereocenters. The van der Waals surface area contributed by atoms with Crippen LogP contribution in [0.3, 0.4) is 0 Å². The van der Waals surface area contributed by atoms with Crippen molar-refractivity contribution in [3.63, 3.8) is 0 Å². The Kier molecular flexibility index (Phi) is 7.38. The summed E-state index contributed by atoms with van der Waals surface area (Å²) < 4.78 is 6.47. The molecule has 2 unspecified atom stereocenters. The molecule has 0 saturated heterocycles. The molecule has 2 nitrogen and oxygen atoms in total. The monoisotopic (exact) mass is 777 g/mol. The molecule has 0 N–H and O–H groups in total. The fraction of sp³-hybridized carbons (Fsp3) is 0.0508. The lowest BCUT2D eigenvalue weighted by molar-refractivity contribution is 0.269. The van der Waals surface area contributed by atoms with E-state index in [-0.39, 0.29) is 12.0 Å². The van der Waals surface area contributed by atoms with E-state index in [1.807, 2.05) is 0 Å². The molecule has 9 aromatic carbocycles. The second kappa shape index (κ2) is 13.2. The van der Waals surface area contributed by atoms with E-state index in [4.69, 9.17) is 4.74 Å². The maximum absolute atomic E-state index is 6.47. The van der Waals surface area contributed by atoms with E-state index in [0.29, 0.717) is 0 Å². The van der Waals surface area contributed by atoms with E-state index < -0.39 is 5.41 Å². The van der Waals surface area contributed by atoms with Gasteiger partial charge < -0.3 is 9.64 Å². The van der Waals surface area contributed by atoms with E-state index in [0.717, 1.165) is 22.8 Å². The molecule has 1 aliphatic heterocycles. The maximum atomic E-state index is 6.47. The average molecular weight is 778 g/mol. The number of ether oxygens (including phenoxy) is 1. The minimum absolute atomic E-state index is 0.0182. The van der Waals surface area contributed by atoms with Crippen LogP contribution in [0.25, 0.3) is 55.3 Å². The molecule has 0 saturated carbocycles. The summed E-state index contributed by atoms with van der Waals surface area (Å²) >= 11 is 0. The van der Waals surface area contributed by atoms with Crippen LogP contribution in [0.1, 0.15) is 33.7 Å². The van der Waals surface area contributed by atoms with Crippen molar-refractivity contribution in [2.45, 2.75) is 17.4 Å². The van der Waals surface area contributed by atoms with Gasteiger partial charge in [0.25, 0.3) is 0 Å². The third-order valence-corrected chi connectivity index (χ3v) is 13.6. The Morgan fingerprint density at radius 3 is 1.72 bits per heavy atom. The third-order valence-electron chi connectivity index (χ3n) is 13.6. The van der Waals surface area contributed by atoms with Crippen LogP contribution >= 0.6 is 0 Å². The molecule has 2 heteroatoms. The number of rotatable bonds is 5. The molecule has 0 fully saturated rings. The normalized spacial score (nSPS) is 16.7. The molecule has 0 amide bonds. The Balaban J connectivity index is 1.01. The molecule has 9 aromatic rings. The summed E-state index contributed by atoms with van der Waals surface area (Å²) in [6, 6.07) is 74.3. The summed E-state index contributed by atoms with van der Waals surface area (Å²) in [6.45, 7) is 0. The van der Waals surface area contributed by atoms with E-state index >= 15 is 0 Å². The van der Waals surface area contributed by atoms with Crippen molar-refractivity contribution in [2.75, 3.05) is 4.90 Å². The molecule has 61 heavy (non-hydrogen) atoms. The molecular formula is C59H39NO. The van der Waals surface area contributed by atoms with Crippen LogP contribution in [0.2, 0.25) is 0 Å². The Hall–Kier alpha value is -7.68. The summed E-state index contributed by atoms with van der Waals surface area (Å²) in [7, 11) is 0. The molecule has 286 valence electrons. The minimum atomic E-state index is -0.438. The Labute approximate surface area is 356 Å². The molecule has 1 heterocycles. The van der Waals surface area contributed by atoms with Crippen molar-refractivity contribution in [2.24, 2.45) is 0 Å². The second-order valence-electron chi connectivity index (χ2n) is 16.7. The minimum Gasteiger partial charge on any atom is -0.485 e. The fourth-order valence-corrected chi connectivity index (χ4v) is 11.1. The lowest BCUT2D eigenvalue weighted by atomic mass is 9.70. The molecule has 4 aliphatic rings. The van der Waals surface area contributed by atoms with Gasteiger partial charge in [0.15, 0.2) is 0 Å². The van der Waals surface area contributed by atoms with Crippen LogP contribution in [0, 0.1) is 0 Å². The number of allylic oxidation sites excluding steroid dienone is 2. The fourth-order valence-electron chi connectivity index (χ4n) is 11.1. The zero-order valence-corrected chi connectivity index (χ0v) is 33.4. The lowest BCUT2D eigenvalue weighted by Crippen LogP contribution is -2.26. The van der Waals surface area contributed by atoms with Crippen molar-refractivity contribution in [3.05, 3.63) is 252 Å². The standard InChI is InChI=1S/C59H39NO/c1-2-15-40(16-3-1)58-44-17-5-4-14-38(44)28-33-45(58)39-26-29-41(30-27-39)60(42-32-35-57-51(36-42)50-21-9-13-25-56(50)61-57)43-31-34-49-48-20-8-12-24-54(48)59(55(49)37-43)52-22-10-6-18-46(52)47-19-7-11-23-53(47)59/h1-37,50,56H. The van der Waals surface area contributed by atoms with Crippen LogP contribution in [-0.4, -0.2) is 6.10 Å². The molecular weight excluding hydrogens is 739 g/mol. The Morgan fingerprint density at radius 1 is 0.410 bits per heavy atom. The van der Waals surface area contributed by atoms with Gasteiger partial charge in [0.1, 0.15) is 11.9 Å². The zero-order chi connectivity index (χ0) is 40.1. The number of fused-ring (bicyclic) bond motifs is 14. The largest absolute Gasteiger partial charge is 0.485 e. The first-order chi connectivity index (χ1) is 30.3. The first-order valence-corrected chi connectivity index (χ1v) is 21.3. The number of hydrogen-bond acceptors (Lipinski definition) is 2. The number of hydrogen-bond donors (Lipinski definition) is 0.